The topological polar surface area (TPSA) is 49.4 Å². The first-order valence-corrected chi connectivity index (χ1v) is 8.57. The van der Waals surface area contributed by atoms with Gasteiger partial charge in [-0.05, 0) is 35.7 Å². The molecule has 0 unspecified atom stereocenters. The maximum Gasteiger partial charge on any atom is 0.302 e. The molecule has 0 fully saturated rings. The minimum atomic E-state index is -3.81. The van der Waals surface area contributed by atoms with E-state index in [4.69, 9.17) is 11.6 Å². The van der Waals surface area contributed by atoms with Crippen LogP contribution in [0.2, 0.25) is 5.02 Å². The van der Waals surface area contributed by atoms with Crippen molar-refractivity contribution >= 4 is 27.5 Å². The van der Waals surface area contributed by atoms with Crippen LogP contribution in [0.5, 0.6) is 0 Å². The fourth-order valence-corrected chi connectivity index (χ4v) is 3.82. The zero-order valence-corrected chi connectivity index (χ0v) is 13.2. The molecule has 3 rings (SSSR count). The standard InChI is InChI=1S/C15H14ClFN2O2S/c16-13-5-6-15(14(17)9-13)18-22(20,21)19-8-7-11-3-1-2-4-12(11)10-19/h1-6,9,18H,7-8,10H2. The summed E-state index contributed by atoms with van der Waals surface area (Å²) < 4.78 is 42.2. The van der Waals surface area contributed by atoms with Gasteiger partial charge in [0.2, 0.25) is 0 Å². The molecule has 116 valence electrons. The molecule has 2 aromatic rings. The lowest BCUT2D eigenvalue weighted by molar-refractivity contribution is 0.394. The van der Waals surface area contributed by atoms with E-state index < -0.39 is 16.0 Å². The second-order valence-corrected chi connectivity index (χ2v) is 7.19. The highest BCUT2D eigenvalue weighted by atomic mass is 35.5. The molecule has 0 radical (unpaired) electrons. The number of fused-ring (bicyclic) bond motifs is 1. The van der Waals surface area contributed by atoms with Gasteiger partial charge in [-0.2, -0.15) is 12.7 Å². The molecular weight excluding hydrogens is 327 g/mol. The highest BCUT2D eigenvalue weighted by molar-refractivity contribution is 7.90. The molecule has 0 aliphatic carbocycles. The van der Waals surface area contributed by atoms with E-state index in [0.717, 1.165) is 17.2 Å². The first-order chi connectivity index (χ1) is 10.5. The fraction of sp³-hybridized carbons (Fsp3) is 0.200. The van der Waals surface area contributed by atoms with Crippen LogP contribution in [0.25, 0.3) is 0 Å². The second kappa shape index (κ2) is 5.87. The summed E-state index contributed by atoms with van der Waals surface area (Å²) in [6.45, 7) is 0.641. The summed E-state index contributed by atoms with van der Waals surface area (Å²) in [6.07, 6.45) is 0.639. The summed E-state index contributed by atoms with van der Waals surface area (Å²) in [5.74, 6) is -0.700. The van der Waals surface area contributed by atoms with Crippen molar-refractivity contribution in [3.63, 3.8) is 0 Å². The Morgan fingerprint density at radius 1 is 1.14 bits per heavy atom. The minimum absolute atomic E-state index is 0.108. The summed E-state index contributed by atoms with van der Waals surface area (Å²) in [7, 11) is -3.81. The van der Waals surface area contributed by atoms with Gasteiger partial charge < -0.3 is 0 Å². The van der Waals surface area contributed by atoms with E-state index in [1.807, 2.05) is 24.3 Å². The molecule has 1 N–H and O–H groups in total. The molecular formula is C15H14ClFN2O2S. The first-order valence-electron chi connectivity index (χ1n) is 6.75. The van der Waals surface area contributed by atoms with Crippen LogP contribution in [-0.2, 0) is 23.2 Å². The number of benzene rings is 2. The summed E-state index contributed by atoms with van der Waals surface area (Å²) in [5.41, 5.74) is 2.01. The molecule has 2 aromatic carbocycles. The lowest BCUT2D eigenvalue weighted by Crippen LogP contribution is -2.39. The third-order valence-electron chi connectivity index (χ3n) is 3.61. The van der Waals surface area contributed by atoms with Gasteiger partial charge in [0.05, 0.1) is 5.69 Å². The average Bonchev–Trinajstić information content (AvgIpc) is 2.49. The number of hydrogen-bond donors (Lipinski definition) is 1. The van der Waals surface area contributed by atoms with Crippen LogP contribution in [-0.4, -0.2) is 19.3 Å². The molecule has 22 heavy (non-hydrogen) atoms. The van der Waals surface area contributed by atoms with Crippen molar-refractivity contribution in [3.8, 4) is 0 Å². The number of rotatable bonds is 3. The Bertz CT molecular complexity index is 811. The Kier molecular flexibility index (Phi) is 4.08. The molecule has 0 spiro atoms. The van der Waals surface area contributed by atoms with Crippen molar-refractivity contribution in [2.75, 3.05) is 11.3 Å². The van der Waals surface area contributed by atoms with E-state index >= 15 is 0 Å². The van der Waals surface area contributed by atoms with Gasteiger partial charge in [0.15, 0.2) is 0 Å². The largest absolute Gasteiger partial charge is 0.302 e. The van der Waals surface area contributed by atoms with E-state index in [-0.39, 0.29) is 17.3 Å². The molecule has 0 aromatic heterocycles. The van der Waals surface area contributed by atoms with Crippen molar-refractivity contribution in [3.05, 3.63) is 64.4 Å². The van der Waals surface area contributed by atoms with Gasteiger partial charge >= 0.3 is 10.2 Å². The van der Waals surface area contributed by atoms with Gasteiger partial charge in [-0.15, -0.1) is 0 Å². The van der Waals surface area contributed by atoms with Crippen LogP contribution >= 0.6 is 11.6 Å². The van der Waals surface area contributed by atoms with Crippen LogP contribution in [0.15, 0.2) is 42.5 Å². The molecule has 1 aliphatic heterocycles. The van der Waals surface area contributed by atoms with Gasteiger partial charge in [0.25, 0.3) is 0 Å². The van der Waals surface area contributed by atoms with Crippen LogP contribution < -0.4 is 4.72 Å². The number of halogens is 2. The molecule has 0 amide bonds. The van der Waals surface area contributed by atoms with Crippen molar-refractivity contribution in [2.24, 2.45) is 0 Å². The highest BCUT2D eigenvalue weighted by Gasteiger charge is 2.27. The Morgan fingerprint density at radius 3 is 2.59 bits per heavy atom. The fourth-order valence-electron chi connectivity index (χ4n) is 2.45. The molecule has 0 saturated heterocycles. The SMILES string of the molecule is O=S(=O)(Nc1ccc(Cl)cc1F)N1CCc2ccccc2C1. The van der Waals surface area contributed by atoms with Crippen LogP contribution in [0, 0.1) is 5.82 Å². The van der Waals surface area contributed by atoms with E-state index in [2.05, 4.69) is 4.72 Å². The normalized spacial score (nSPS) is 15.4. The van der Waals surface area contributed by atoms with Gasteiger partial charge in [-0.25, -0.2) is 4.39 Å². The van der Waals surface area contributed by atoms with Gasteiger partial charge in [0, 0.05) is 18.1 Å². The van der Waals surface area contributed by atoms with Crippen LogP contribution in [0.1, 0.15) is 11.1 Å². The van der Waals surface area contributed by atoms with Crippen LogP contribution in [0.3, 0.4) is 0 Å². The van der Waals surface area contributed by atoms with E-state index in [1.165, 1.54) is 16.4 Å². The molecule has 1 aliphatic rings. The van der Waals surface area contributed by atoms with Crippen molar-refractivity contribution in [1.29, 1.82) is 0 Å². The molecule has 7 heteroatoms. The predicted octanol–water partition coefficient (Wildman–Crippen LogP) is 3.19. The third kappa shape index (κ3) is 3.09. The predicted molar refractivity (Wildman–Crippen MR) is 84.5 cm³/mol. The zero-order chi connectivity index (χ0) is 15.7. The molecule has 4 nitrogen and oxygen atoms in total. The van der Waals surface area contributed by atoms with Crippen molar-refractivity contribution < 1.29 is 12.8 Å². The van der Waals surface area contributed by atoms with Gasteiger partial charge in [-0.1, -0.05) is 35.9 Å². The van der Waals surface area contributed by atoms with E-state index in [1.54, 1.807) is 0 Å². The van der Waals surface area contributed by atoms with E-state index in [0.29, 0.717) is 13.0 Å². The van der Waals surface area contributed by atoms with Gasteiger partial charge in [-0.3, -0.25) is 4.72 Å². The van der Waals surface area contributed by atoms with Crippen molar-refractivity contribution in [1.82, 2.24) is 4.31 Å². The maximum absolute atomic E-state index is 13.8. The van der Waals surface area contributed by atoms with Gasteiger partial charge in [0.1, 0.15) is 5.82 Å². The smallest absolute Gasteiger partial charge is 0.268 e. The number of anilines is 1. The lowest BCUT2D eigenvalue weighted by Gasteiger charge is -2.28. The zero-order valence-electron chi connectivity index (χ0n) is 11.6. The first kappa shape index (κ1) is 15.3. The minimum Gasteiger partial charge on any atom is -0.268 e. The Labute approximate surface area is 133 Å². The summed E-state index contributed by atoms with van der Waals surface area (Å²) >= 11 is 5.67. The Hall–Kier alpha value is -1.63. The van der Waals surface area contributed by atoms with Crippen molar-refractivity contribution in [2.45, 2.75) is 13.0 Å². The summed E-state index contributed by atoms with van der Waals surface area (Å²) in [6, 6.07) is 11.5. The molecule has 1 heterocycles. The number of hydrogen-bond acceptors (Lipinski definition) is 2. The maximum atomic E-state index is 13.8. The molecule has 0 atom stereocenters. The summed E-state index contributed by atoms with van der Waals surface area (Å²) in [5, 5.41) is 0.215. The molecule has 0 bridgehead atoms. The average molecular weight is 341 g/mol. The lowest BCUT2D eigenvalue weighted by atomic mass is 10.0. The number of nitrogens with one attached hydrogen (secondary N) is 1. The Morgan fingerprint density at radius 2 is 1.86 bits per heavy atom. The second-order valence-electron chi connectivity index (χ2n) is 5.08. The quantitative estimate of drug-likeness (QED) is 0.932. The monoisotopic (exact) mass is 340 g/mol. The van der Waals surface area contributed by atoms with Crippen LogP contribution in [0.4, 0.5) is 10.1 Å². The van der Waals surface area contributed by atoms with E-state index in [9.17, 15) is 12.8 Å². The molecule has 0 saturated carbocycles. The third-order valence-corrected chi connectivity index (χ3v) is 5.31. The number of nitrogens with zero attached hydrogens (tertiary/aromatic N) is 1. The summed E-state index contributed by atoms with van der Waals surface area (Å²) in [4.78, 5) is 0. The highest BCUT2D eigenvalue weighted by Crippen LogP contribution is 2.24. The Balaban J connectivity index is 1.82.